The molecule has 7 nitrogen and oxygen atoms in total. The first kappa shape index (κ1) is 29.5. The zero-order chi connectivity index (χ0) is 27.0. The van der Waals surface area contributed by atoms with Gasteiger partial charge in [-0.2, -0.15) is 0 Å². The van der Waals surface area contributed by atoms with Crippen LogP contribution in [0.3, 0.4) is 0 Å². The Morgan fingerprint density at radius 2 is 1.51 bits per heavy atom. The number of carbonyl (C=O) groups is 3. The summed E-state index contributed by atoms with van der Waals surface area (Å²) in [5.74, 6) is -2.09. The minimum Gasteiger partial charge on any atom is -0.463 e. The van der Waals surface area contributed by atoms with Gasteiger partial charge in [0.1, 0.15) is 6.61 Å². The van der Waals surface area contributed by atoms with Gasteiger partial charge in [0.25, 0.3) is 0 Å². The van der Waals surface area contributed by atoms with Crippen molar-refractivity contribution in [2.75, 3.05) is 13.2 Å². The molecule has 198 valence electrons. The minimum absolute atomic E-state index is 0.0500. The fourth-order valence-electron chi connectivity index (χ4n) is 3.93. The van der Waals surface area contributed by atoms with E-state index in [2.05, 4.69) is 23.8 Å². The highest BCUT2D eigenvalue weighted by molar-refractivity contribution is 5.86. The molecule has 0 bridgehead atoms. The summed E-state index contributed by atoms with van der Waals surface area (Å²) in [5.41, 5.74) is 1.81. The van der Waals surface area contributed by atoms with Crippen LogP contribution in [-0.2, 0) is 25.5 Å². The zero-order valence-corrected chi connectivity index (χ0v) is 21.5. The predicted molar refractivity (Wildman–Crippen MR) is 144 cm³/mol. The number of aliphatic hydroxyl groups excluding tert-OH is 1. The van der Waals surface area contributed by atoms with Crippen molar-refractivity contribution in [1.82, 2.24) is 10.6 Å². The van der Waals surface area contributed by atoms with E-state index in [1.54, 1.807) is 19.1 Å². The average molecular weight is 507 g/mol. The molecule has 2 aromatic carbocycles. The number of amides is 2. The van der Waals surface area contributed by atoms with Crippen LogP contribution in [0.5, 0.6) is 0 Å². The van der Waals surface area contributed by atoms with Crippen LogP contribution >= 0.6 is 0 Å². The maximum Gasteiger partial charge on any atom is 0.309 e. The SMILES string of the molecule is C=CC[C@@H](CC(=O)N[C@@H](C)CO)C(=O)N[C@H](COC(=O)[C@H](CC=C)Cc1ccccc1)c1ccccc1. The fraction of sp³-hybridized carbons (Fsp3) is 0.367. The van der Waals surface area contributed by atoms with Gasteiger partial charge in [0.2, 0.25) is 11.8 Å². The molecule has 3 N–H and O–H groups in total. The van der Waals surface area contributed by atoms with Crippen molar-refractivity contribution in [3.63, 3.8) is 0 Å². The van der Waals surface area contributed by atoms with Gasteiger partial charge in [-0.05, 0) is 37.3 Å². The van der Waals surface area contributed by atoms with Gasteiger partial charge >= 0.3 is 5.97 Å². The van der Waals surface area contributed by atoms with Gasteiger partial charge in [0.15, 0.2) is 0 Å². The Hall–Kier alpha value is -3.71. The van der Waals surface area contributed by atoms with Crippen LogP contribution < -0.4 is 10.6 Å². The van der Waals surface area contributed by atoms with Gasteiger partial charge in [-0.3, -0.25) is 14.4 Å². The van der Waals surface area contributed by atoms with E-state index >= 15 is 0 Å². The van der Waals surface area contributed by atoms with E-state index in [9.17, 15) is 19.5 Å². The largest absolute Gasteiger partial charge is 0.463 e. The summed E-state index contributed by atoms with van der Waals surface area (Å²) in [5, 5.41) is 14.8. The Bertz CT molecular complexity index is 1010. The lowest BCUT2D eigenvalue weighted by Crippen LogP contribution is -2.41. The third-order valence-corrected chi connectivity index (χ3v) is 5.96. The highest BCUT2D eigenvalue weighted by atomic mass is 16.5. The topological polar surface area (TPSA) is 105 Å². The summed E-state index contributed by atoms with van der Waals surface area (Å²) in [7, 11) is 0. The maximum atomic E-state index is 13.2. The van der Waals surface area contributed by atoms with Gasteiger partial charge in [-0.25, -0.2) is 0 Å². The third-order valence-electron chi connectivity index (χ3n) is 5.96. The van der Waals surface area contributed by atoms with Crippen molar-refractivity contribution in [1.29, 1.82) is 0 Å². The number of allylic oxidation sites excluding steroid dienone is 2. The van der Waals surface area contributed by atoms with Crippen LogP contribution in [0.25, 0.3) is 0 Å². The second kappa shape index (κ2) is 16.1. The zero-order valence-electron chi connectivity index (χ0n) is 21.5. The Morgan fingerprint density at radius 1 is 0.919 bits per heavy atom. The van der Waals surface area contributed by atoms with Gasteiger partial charge in [0, 0.05) is 12.5 Å². The van der Waals surface area contributed by atoms with Gasteiger partial charge < -0.3 is 20.5 Å². The molecule has 0 aliphatic carbocycles. The average Bonchev–Trinajstić information content (AvgIpc) is 2.91. The summed E-state index contributed by atoms with van der Waals surface area (Å²) in [6.45, 7) is 8.91. The summed E-state index contributed by atoms with van der Waals surface area (Å²) >= 11 is 0. The van der Waals surface area contributed by atoms with Crippen molar-refractivity contribution >= 4 is 17.8 Å². The molecule has 2 rings (SSSR count). The second-order valence-electron chi connectivity index (χ2n) is 9.09. The number of esters is 1. The van der Waals surface area contributed by atoms with Gasteiger partial charge in [0.05, 0.1) is 24.5 Å². The highest BCUT2D eigenvalue weighted by Gasteiger charge is 2.26. The number of rotatable bonds is 16. The number of hydrogen-bond donors (Lipinski definition) is 3. The Kier molecular flexibility index (Phi) is 12.9. The molecule has 0 aliphatic rings. The van der Waals surface area contributed by atoms with E-state index in [1.807, 2.05) is 60.7 Å². The standard InChI is InChI=1S/C30H38N2O5/c1-4-12-25(19-28(34)31-22(3)20-33)29(35)32-27(24-16-10-7-11-17-24)21-37-30(36)26(13-5-2)18-23-14-8-6-9-15-23/h4-11,14-17,22,25-27,33H,1-2,12-13,18-21H2,3H3,(H,31,34)(H,32,35)/t22-,25-,26+,27+/m0/s1. The molecule has 0 spiro atoms. The molecule has 0 aliphatic heterocycles. The summed E-state index contributed by atoms with van der Waals surface area (Å²) in [6, 6.07) is 18.0. The molecule has 0 unspecified atom stereocenters. The van der Waals surface area contributed by atoms with E-state index in [0.29, 0.717) is 19.3 Å². The lowest BCUT2D eigenvalue weighted by atomic mass is 9.96. The second-order valence-corrected chi connectivity index (χ2v) is 9.09. The maximum absolute atomic E-state index is 13.2. The first-order valence-electron chi connectivity index (χ1n) is 12.6. The van der Waals surface area contributed by atoms with Crippen LogP contribution in [-0.4, -0.2) is 42.1 Å². The minimum atomic E-state index is -0.656. The molecule has 0 saturated carbocycles. The number of carbonyl (C=O) groups excluding carboxylic acids is 3. The summed E-state index contributed by atoms with van der Waals surface area (Å²) in [6.07, 6.45) is 4.53. The Balaban J connectivity index is 2.11. The lowest BCUT2D eigenvalue weighted by Gasteiger charge is -2.24. The summed E-state index contributed by atoms with van der Waals surface area (Å²) in [4.78, 5) is 38.5. The van der Waals surface area contributed by atoms with Crippen molar-refractivity contribution < 1.29 is 24.2 Å². The first-order chi connectivity index (χ1) is 17.9. The molecule has 0 radical (unpaired) electrons. The quantitative estimate of drug-likeness (QED) is 0.237. The number of hydrogen-bond acceptors (Lipinski definition) is 5. The highest BCUT2D eigenvalue weighted by Crippen LogP contribution is 2.20. The van der Waals surface area contributed by atoms with Crippen LogP contribution in [0.1, 0.15) is 43.4 Å². The molecule has 0 fully saturated rings. The molecular formula is C30H38N2O5. The fourth-order valence-corrected chi connectivity index (χ4v) is 3.93. The van der Waals surface area contributed by atoms with E-state index in [-0.39, 0.29) is 37.4 Å². The molecule has 0 aromatic heterocycles. The molecule has 2 aromatic rings. The van der Waals surface area contributed by atoms with Crippen molar-refractivity contribution in [3.8, 4) is 0 Å². The van der Waals surface area contributed by atoms with Gasteiger partial charge in [-0.1, -0.05) is 72.8 Å². The first-order valence-corrected chi connectivity index (χ1v) is 12.6. The van der Waals surface area contributed by atoms with E-state index in [4.69, 9.17) is 4.74 Å². The molecule has 4 atom stereocenters. The van der Waals surface area contributed by atoms with Crippen LogP contribution in [0, 0.1) is 11.8 Å². The number of aliphatic hydroxyl groups is 1. The van der Waals surface area contributed by atoms with Crippen molar-refractivity contribution in [2.45, 2.75) is 44.7 Å². The number of ether oxygens (including phenoxy) is 1. The van der Waals surface area contributed by atoms with Crippen LogP contribution in [0.2, 0.25) is 0 Å². The number of benzene rings is 2. The van der Waals surface area contributed by atoms with E-state index in [0.717, 1.165) is 11.1 Å². The van der Waals surface area contributed by atoms with E-state index in [1.165, 1.54) is 0 Å². The lowest BCUT2D eigenvalue weighted by molar-refractivity contribution is -0.150. The number of nitrogens with one attached hydrogen (secondary N) is 2. The molecule has 2 amide bonds. The molecule has 0 heterocycles. The van der Waals surface area contributed by atoms with E-state index < -0.39 is 23.9 Å². The van der Waals surface area contributed by atoms with Crippen LogP contribution in [0.4, 0.5) is 0 Å². The molecular weight excluding hydrogens is 468 g/mol. The molecule has 0 saturated heterocycles. The van der Waals surface area contributed by atoms with Crippen molar-refractivity contribution in [3.05, 3.63) is 97.1 Å². The van der Waals surface area contributed by atoms with Gasteiger partial charge in [-0.15, -0.1) is 13.2 Å². The molecule has 37 heavy (non-hydrogen) atoms. The normalized spacial score (nSPS) is 13.9. The smallest absolute Gasteiger partial charge is 0.309 e. The Morgan fingerprint density at radius 3 is 2.11 bits per heavy atom. The predicted octanol–water partition coefficient (Wildman–Crippen LogP) is 3.90. The van der Waals surface area contributed by atoms with Crippen LogP contribution in [0.15, 0.2) is 86.0 Å². The third kappa shape index (κ3) is 10.4. The summed E-state index contributed by atoms with van der Waals surface area (Å²) < 4.78 is 5.71. The monoisotopic (exact) mass is 506 g/mol. The Labute approximate surface area is 219 Å². The van der Waals surface area contributed by atoms with Crippen molar-refractivity contribution in [2.24, 2.45) is 11.8 Å². The molecule has 7 heteroatoms.